The van der Waals surface area contributed by atoms with Gasteiger partial charge in [0.2, 0.25) is 0 Å². The van der Waals surface area contributed by atoms with Crippen LogP contribution in [0.4, 0.5) is 0 Å². The highest BCUT2D eigenvalue weighted by atomic mass is 32.1. The van der Waals surface area contributed by atoms with E-state index in [0.717, 1.165) is 5.69 Å². The Morgan fingerprint density at radius 3 is 2.74 bits per heavy atom. The van der Waals surface area contributed by atoms with Crippen molar-refractivity contribution in [1.82, 2.24) is 29.3 Å². The van der Waals surface area contributed by atoms with Gasteiger partial charge in [-0.2, -0.15) is 9.36 Å². The van der Waals surface area contributed by atoms with Crippen molar-refractivity contribution in [2.24, 2.45) is 7.05 Å². The second-order valence-corrected chi connectivity index (χ2v) is 6.84. The highest BCUT2D eigenvalue weighted by molar-refractivity contribution is 7.11. The van der Waals surface area contributed by atoms with Crippen LogP contribution < -0.4 is 10.4 Å². The first-order valence-corrected chi connectivity index (χ1v) is 7.90. The van der Waals surface area contributed by atoms with Crippen LogP contribution in [0, 0.1) is 0 Å². The number of hydrogen-bond donors (Lipinski definition) is 0. The van der Waals surface area contributed by atoms with Crippen molar-refractivity contribution in [1.29, 1.82) is 0 Å². The van der Waals surface area contributed by atoms with Gasteiger partial charge >= 0.3 is 5.69 Å². The quantitative estimate of drug-likeness (QED) is 0.722. The average Bonchev–Trinajstić information content (AvgIpc) is 3.17. The number of rotatable bonds is 4. The molecule has 9 heteroatoms. The second-order valence-electron chi connectivity index (χ2n) is 6.02. The van der Waals surface area contributed by atoms with Crippen molar-refractivity contribution in [3.63, 3.8) is 0 Å². The number of tetrazole rings is 1. The van der Waals surface area contributed by atoms with Crippen LogP contribution in [-0.4, -0.2) is 29.3 Å². The van der Waals surface area contributed by atoms with Gasteiger partial charge in [0, 0.05) is 30.3 Å². The number of hydrogen-bond acceptors (Lipinski definition) is 6. The molecule has 8 nitrogen and oxygen atoms in total. The van der Waals surface area contributed by atoms with E-state index in [1.165, 1.54) is 20.7 Å². The van der Waals surface area contributed by atoms with Gasteiger partial charge in [-0.15, -0.1) is 0 Å². The molecule has 0 N–H and O–H groups in total. The number of ether oxygens (including phenoxy) is 1. The number of thiazole rings is 1. The van der Waals surface area contributed by atoms with Gasteiger partial charge < -0.3 is 9.30 Å². The van der Waals surface area contributed by atoms with E-state index in [0.29, 0.717) is 10.9 Å². The second kappa shape index (κ2) is 5.65. The highest BCUT2D eigenvalue weighted by Gasteiger charge is 2.22. The van der Waals surface area contributed by atoms with Gasteiger partial charge in [-0.05, 0) is 37.3 Å². The summed E-state index contributed by atoms with van der Waals surface area (Å²) in [4.78, 5) is 16.2. The third-order valence-electron chi connectivity index (χ3n) is 3.34. The minimum Gasteiger partial charge on any atom is -0.464 e. The fraction of sp³-hybridized carbons (Fsp3) is 0.429. The standard InChI is InChI=1S/C14H18N6O2S/c1-14(2,3)19-7-5-10(20-13(21)18(4)16-17-20)11(19)9-22-12-15-6-8-23-12/h5-8H,9H2,1-4H3/i6T. The molecule has 0 fully saturated rings. The van der Waals surface area contributed by atoms with Crippen molar-refractivity contribution in [3.05, 3.63) is 40.0 Å². The topological polar surface area (TPSA) is 79.8 Å². The zero-order chi connectivity index (χ0) is 17.5. The maximum absolute atomic E-state index is 12.2. The van der Waals surface area contributed by atoms with E-state index in [4.69, 9.17) is 6.11 Å². The van der Waals surface area contributed by atoms with Crippen LogP contribution in [0.15, 0.2) is 28.6 Å². The van der Waals surface area contributed by atoms with Crippen molar-refractivity contribution in [2.45, 2.75) is 32.9 Å². The summed E-state index contributed by atoms with van der Waals surface area (Å²) in [5, 5.41) is 9.68. The van der Waals surface area contributed by atoms with Gasteiger partial charge in [0.15, 0.2) is 0 Å². The highest BCUT2D eigenvalue weighted by Crippen LogP contribution is 2.25. The van der Waals surface area contributed by atoms with Crippen LogP contribution in [-0.2, 0) is 19.2 Å². The molecule has 0 radical (unpaired) electrons. The van der Waals surface area contributed by atoms with E-state index in [1.807, 2.05) is 16.8 Å². The van der Waals surface area contributed by atoms with Crippen LogP contribution in [0.2, 0.25) is 0 Å². The van der Waals surface area contributed by atoms with Gasteiger partial charge in [0.1, 0.15) is 6.61 Å². The molecule has 0 saturated heterocycles. The summed E-state index contributed by atoms with van der Waals surface area (Å²) in [6.45, 7) is 6.39. The lowest BCUT2D eigenvalue weighted by molar-refractivity contribution is 0.275. The molecule has 0 aromatic carbocycles. The predicted molar refractivity (Wildman–Crippen MR) is 86.0 cm³/mol. The maximum Gasteiger partial charge on any atom is 0.368 e. The molecule has 3 aromatic heterocycles. The molecule has 0 saturated carbocycles. The average molecular weight is 336 g/mol. The van der Waals surface area contributed by atoms with E-state index in [9.17, 15) is 4.79 Å². The first kappa shape index (κ1) is 14.2. The molecule has 122 valence electrons. The van der Waals surface area contributed by atoms with E-state index < -0.39 is 0 Å². The zero-order valence-corrected chi connectivity index (χ0v) is 14.2. The minimum atomic E-state index is -0.328. The molecule has 0 bridgehead atoms. The third kappa shape index (κ3) is 2.91. The SMILES string of the molecule is [3H]c1csc(OCc2c(-n3nnn(C)c3=O)ccn2C(C)(C)C)n1. The summed E-state index contributed by atoms with van der Waals surface area (Å²) < 4.78 is 17.6. The lowest BCUT2D eigenvalue weighted by Crippen LogP contribution is -2.26. The van der Waals surface area contributed by atoms with E-state index in [2.05, 4.69) is 36.2 Å². The minimum absolute atomic E-state index is 0.173. The fourth-order valence-electron chi connectivity index (χ4n) is 2.26. The fourth-order valence-corrected chi connectivity index (χ4v) is 2.70. The first-order valence-electron chi connectivity index (χ1n) is 7.52. The van der Waals surface area contributed by atoms with Crippen molar-refractivity contribution < 1.29 is 6.11 Å². The number of nitrogens with zero attached hydrogens (tertiary/aromatic N) is 6. The number of aryl methyl sites for hydroxylation is 1. The number of aromatic nitrogens is 6. The molecule has 0 aliphatic rings. The van der Waals surface area contributed by atoms with Crippen molar-refractivity contribution >= 4 is 11.3 Å². The Hall–Kier alpha value is -2.42. The Labute approximate surface area is 138 Å². The normalized spacial score (nSPS) is 12.4. The van der Waals surface area contributed by atoms with Crippen LogP contribution in [0.1, 0.15) is 27.8 Å². The molecular formula is C14H18N6O2S. The summed E-state index contributed by atoms with van der Waals surface area (Å²) in [5.74, 6) is 0. The molecule has 3 heterocycles. The van der Waals surface area contributed by atoms with Gasteiger partial charge in [-0.1, -0.05) is 11.3 Å². The zero-order valence-electron chi connectivity index (χ0n) is 14.3. The van der Waals surface area contributed by atoms with Crippen LogP contribution in [0.5, 0.6) is 5.19 Å². The van der Waals surface area contributed by atoms with E-state index >= 15 is 0 Å². The largest absolute Gasteiger partial charge is 0.464 e. The summed E-state index contributed by atoms with van der Waals surface area (Å²) in [6.07, 6.45) is 2.07. The lowest BCUT2D eigenvalue weighted by atomic mass is 10.1. The Balaban J connectivity index is 2.02. The van der Waals surface area contributed by atoms with Crippen molar-refractivity contribution in [3.8, 4) is 10.9 Å². The Kier molecular flexibility index (Phi) is 3.49. The molecule has 3 aromatic rings. The first-order chi connectivity index (χ1) is 11.3. The Morgan fingerprint density at radius 2 is 2.17 bits per heavy atom. The van der Waals surface area contributed by atoms with Crippen LogP contribution >= 0.6 is 11.3 Å². The molecule has 0 unspecified atom stereocenters. The van der Waals surface area contributed by atoms with Crippen LogP contribution in [0.25, 0.3) is 5.69 Å². The molecule has 0 aliphatic heterocycles. The smallest absolute Gasteiger partial charge is 0.368 e. The van der Waals surface area contributed by atoms with Gasteiger partial charge in [0.05, 0.1) is 12.8 Å². The molecule has 0 amide bonds. The maximum atomic E-state index is 12.2. The van der Waals surface area contributed by atoms with Gasteiger partial charge in [-0.25, -0.2) is 9.78 Å². The Bertz CT molecular complexity index is 916. The summed E-state index contributed by atoms with van der Waals surface area (Å²) in [6, 6.07) is 1.82. The molecule has 23 heavy (non-hydrogen) atoms. The lowest BCUT2D eigenvalue weighted by Gasteiger charge is -2.24. The van der Waals surface area contributed by atoms with E-state index in [-0.39, 0.29) is 24.0 Å². The van der Waals surface area contributed by atoms with Crippen molar-refractivity contribution in [2.75, 3.05) is 0 Å². The van der Waals surface area contributed by atoms with Gasteiger partial charge in [-0.3, -0.25) is 0 Å². The molecular weight excluding hydrogens is 316 g/mol. The summed E-state index contributed by atoms with van der Waals surface area (Å²) in [7, 11) is 1.55. The molecule has 0 spiro atoms. The monoisotopic (exact) mass is 336 g/mol. The van der Waals surface area contributed by atoms with Gasteiger partial charge in [0.25, 0.3) is 5.19 Å². The Morgan fingerprint density at radius 1 is 1.39 bits per heavy atom. The molecule has 0 aliphatic carbocycles. The predicted octanol–water partition coefficient (Wildman–Crippen LogP) is 1.56. The third-order valence-corrected chi connectivity index (χ3v) is 3.98. The van der Waals surface area contributed by atoms with Crippen LogP contribution in [0.3, 0.4) is 0 Å². The summed E-state index contributed by atoms with van der Waals surface area (Å²) in [5.41, 5.74) is 0.870. The summed E-state index contributed by atoms with van der Waals surface area (Å²) >= 11 is 1.26. The van der Waals surface area contributed by atoms with E-state index in [1.54, 1.807) is 12.4 Å². The molecule has 3 rings (SSSR count). The molecule has 0 atom stereocenters.